The number of benzene rings is 2. The van der Waals surface area contributed by atoms with Crippen LogP contribution in [0.25, 0.3) is 0 Å². The summed E-state index contributed by atoms with van der Waals surface area (Å²) in [6, 6.07) is 10.9. The molecule has 4 heteroatoms. The van der Waals surface area contributed by atoms with Crippen molar-refractivity contribution in [2.75, 3.05) is 13.7 Å². The highest BCUT2D eigenvalue weighted by Crippen LogP contribution is 2.36. The molecule has 21 heavy (non-hydrogen) atoms. The first-order chi connectivity index (χ1) is 10.1. The topological polar surface area (TPSA) is 38.7 Å². The first-order valence-corrected chi connectivity index (χ1v) is 7.19. The fourth-order valence-electron chi connectivity index (χ4n) is 2.25. The van der Waals surface area contributed by atoms with Crippen molar-refractivity contribution in [3.8, 4) is 11.5 Å². The van der Waals surface area contributed by atoms with Gasteiger partial charge in [-0.25, -0.2) is 0 Å². The van der Waals surface area contributed by atoms with Crippen LogP contribution in [0.2, 0.25) is 5.02 Å². The lowest BCUT2D eigenvalue weighted by Gasteiger charge is -2.19. The lowest BCUT2D eigenvalue weighted by atomic mass is 9.98. The molecule has 0 radical (unpaired) electrons. The molecule has 2 aromatic carbocycles. The largest absolute Gasteiger partial charge is 0.496 e. The maximum absolute atomic E-state index is 10.7. The third-order valence-electron chi connectivity index (χ3n) is 3.25. The second-order valence-corrected chi connectivity index (χ2v) is 5.20. The van der Waals surface area contributed by atoms with Crippen molar-refractivity contribution in [3.63, 3.8) is 0 Å². The predicted octanol–water partition coefficient (Wildman–Crippen LogP) is 4.14. The summed E-state index contributed by atoms with van der Waals surface area (Å²) in [4.78, 5) is 0. The molecule has 0 aliphatic rings. The SMILES string of the molecule is CCOc1ccc(C)cc1C(O)c1cc(Cl)ccc1OC. The molecule has 0 heterocycles. The van der Waals surface area contributed by atoms with Crippen molar-refractivity contribution < 1.29 is 14.6 Å². The molecule has 0 saturated carbocycles. The number of rotatable bonds is 5. The predicted molar refractivity (Wildman–Crippen MR) is 84.4 cm³/mol. The molecule has 0 aliphatic carbocycles. The normalized spacial score (nSPS) is 12.0. The standard InChI is InChI=1S/C17H19ClO3/c1-4-21-16-7-5-11(2)9-13(16)17(19)14-10-12(18)6-8-15(14)20-3/h5-10,17,19H,4H2,1-3H3. The van der Waals surface area contributed by atoms with E-state index in [-0.39, 0.29) is 0 Å². The molecule has 0 amide bonds. The van der Waals surface area contributed by atoms with Gasteiger partial charge < -0.3 is 14.6 Å². The van der Waals surface area contributed by atoms with E-state index in [4.69, 9.17) is 21.1 Å². The molecule has 0 fully saturated rings. The Morgan fingerprint density at radius 2 is 1.76 bits per heavy atom. The number of aryl methyl sites for hydroxylation is 1. The fourth-order valence-corrected chi connectivity index (χ4v) is 2.44. The summed E-state index contributed by atoms with van der Waals surface area (Å²) in [6.07, 6.45) is -0.861. The lowest BCUT2D eigenvalue weighted by molar-refractivity contribution is 0.207. The number of aliphatic hydroxyl groups is 1. The molecular formula is C17H19ClO3. The molecular weight excluding hydrogens is 288 g/mol. The molecule has 2 rings (SSSR count). The monoisotopic (exact) mass is 306 g/mol. The fraction of sp³-hybridized carbons (Fsp3) is 0.294. The number of ether oxygens (including phenoxy) is 2. The zero-order valence-corrected chi connectivity index (χ0v) is 13.1. The molecule has 0 spiro atoms. The third-order valence-corrected chi connectivity index (χ3v) is 3.48. The molecule has 0 aromatic heterocycles. The van der Waals surface area contributed by atoms with Crippen LogP contribution in [-0.2, 0) is 0 Å². The molecule has 3 nitrogen and oxygen atoms in total. The zero-order valence-electron chi connectivity index (χ0n) is 12.4. The van der Waals surface area contributed by atoms with Crippen LogP contribution in [0.5, 0.6) is 11.5 Å². The highest BCUT2D eigenvalue weighted by molar-refractivity contribution is 6.30. The summed E-state index contributed by atoms with van der Waals surface area (Å²) in [5.41, 5.74) is 2.38. The minimum absolute atomic E-state index is 0.537. The minimum Gasteiger partial charge on any atom is -0.496 e. The van der Waals surface area contributed by atoms with Crippen molar-refractivity contribution in [2.45, 2.75) is 20.0 Å². The van der Waals surface area contributed by atoms with Gasteiger partial charge in [0, 0.05) is 16.1 Å². The summed E-state index contributed by atoms with van der Waals surface area (Å²) in [5.74, 6) is 1.26. The molecule has 1 atom stereocenters. The summed E-state index contributed by atoms with van der Waals surface area (Å²) >= 11 is 6.04. The second-order valence-electron chi connectivity index (χ2n) is 4.76. The number of methoxy groups -OCH3 is 1. The summed E-state index contributed by atoms with van der Waals surface area (Å²) < 4.78 is 10.9. The summed E-state index contributed by atoms with van der Waals surface area (Å²) in [5, 5.41) is 11.3. The van der Waals surface area contributed by atoms with E-state index in [0.29, 0.717) is 34.3 Å². The van der Waals surface area contributed by atoms with Crippen LogP contribution in [0.1, 0.15) is 29.7 Å². The Labute approximate surface area is 130 Å². The number of hydrogen-bond acceptors (Lipinski definition) is 3. The average Bonchev–Trinajstić information content (AvgIpc) is 2.48. The minimum atomic E-state index is -0.861. The van der Waals surface area contributed by atoms with Crippen LogP contribution in [0.4, 0.5) is 0 Å². The van der Waals surface area contributed by atoms with Gasteiger partial charge in [0.05, 0.1) is 13.7 Å². The Hall–Kier alpha value is -1.71. The quantitative estimate of drug-likeness (QED) is 0.902. The summed E-state index contributed by atoms with van der Waals surface area (Å²) in [7, 11) is 1.57. The zero-order chi connectivity index (χ0) is 15.4. The molecule has 1 N–H and O–H groups in total. The number of halogens is 1. The van der Waals surface area contributed by atoms with Gasteiger partial charge in [0.1, 0.15) is 17.6 Å². The van der Waals surface area contributed by atoms with Crippen molar-refractivity contribution in [1.82, 2.24) is 0 Å². The van der Waals surface area contributed by atoms with Gasteiger partial charge in [-0.2, -0.15) is 0 Å². The highest BCUT2D eigenvalue weighted by atomic mass is 35.5. The van der Waals surface area contributed by atoms with E-state index in [0.717, 1.165) is 5.56 Å². The van der Waals surface area contributed by atoms with E-state index < -0.39 is 6.10 Å². The van der Waals surface area contributed by atoms with E-state index in [1.807, 2.05) is 32.0 Å². The van der Waals surface area contributed by atoms with Crippen LogP contribution in [-0.4, -0.2) is 18.8 Å². The summed E-state index contributed by atoms with van der Waals surface area (Å²) in [6.45, 7) is 4.42. The van der Waals surface area contributed by atoms with E-state index >= 15 is 0 Å². The van der Waals surface area contributed by atoms with Gasteiger partial charge in [-0.1, -0.05) is 23.2 Å². The smallest absolute Gasteiger partial charge is 0.125 e. The Balaban J connectivity index is 2.51. The van der Waals surface area contributed by atoms with Crippen LogP contribution in [0, 0.1) is 6.92 Å². The Morgan fingerprint density at radius 3 is 2.43 bits per heavy atom. The Kier molecular flexibility index (Phi) is 5.10. The Morgan fingerprint density at radius 1 is 1.10 bits per heavy atom. The maximum atomic E-state index is 10.7. The van der Waals surface area contributed by atoms with Crippen LogP contribution < -0.4 is 9.47 Å². The van der Waals surface area contributed by atoms with Crippen molar-refractivity contribution in [1.29, 1.82) is 0 Å². The molecule has 2 aromatic rings. The molecule has 0 bridgehead atoms. The van der Waals surface area contributed by atoms with Crippen molar-refractivity contribution in [2.24, 2.45) is 0 Å². The van der Waals surface area contributed by atoms with Gasteiger partial charge in [-0.15, -0.1) is 0 Å². The van der Waals surface area contributed by atoms with E-state index in [9.17, 15) is 5.11 Å². The van der Waals surface area contributed by atoms with E-state index in [1.54, 1.807) is 25.3 Å². The average molecular weight is 307 g/mol. The molecule has 112 valence electrons. The highest BCUT2D eigenvalue weighted by Gasteiger charge is 2.20. The van der Waals surface area contributed by atoms with Gasteiger partial charge in [0.2, 0.25) is 0 Å². The van der Waals surface area contributed by atoms with Gasteiger partial charge in [0.15, 0.2) is 0 Å². The van der Waals surface area contributed by atoms with Gasteiger partial charge in [-0.05, 0) is 44.2 Å². The van der Waals surface area contributed by atoms with Crippen molar-refractivity contribution in [3.05, 3.63) is 58.1 Å². The molecule has 1 unspecified atom stereocenters. The lowest BCUT2D eigenvalue weighted by Crippen LogP contribution is -2.06. The van der Waals surface area contributed by atoms with E-state index in [1.165, 1.54) is 0 Å². The van der Waals surface area contributed by atoms with Crippen molar-refractivity contribution >= 4 is 11.6 Å². The van der Waals surface area contributed by atoms with Gasteiger partial charge >= 0.3 is 0 Å². The van der Waals surface area contributed by atoms with Crippen LogP contribution >= 0.6 is 11.6 Å². The number of hydrogen-bond donors (Lipinski definition) is 1. The van der Waals surface area contributed by atoms with Crippen LogP contribution in [0.3, 0.4) is 0 Å². The number of aliphatic hydroxyl groups excluding tert-OH is 1. The second kappa shape index (κ2) is 6.83. The van der Waals surface area contributed by atoms with E-state index in [2.05, 4.69) is 0 Å². The first kappa shape index (κ1) is 15.7. The maximum Gasteiger partial charge on any atom is 0.125 e. The molecule has 0 saturated heterocycles. The van der Waals surface area contributed by atoms with Crippen LogP contribution in [0.15, 0.2) is 36.4 Å². The molecule has 0 aliphatic heterocycles. The Bertz CT molecular complexity index is 625. The van der Waals surface area contributed by atoms with Gasteiger partial charge in [-0.3, -0.25) is 0 Å². The third kappa shape index (κ3) is 3.49. The van der Waals surface area contributed by atoms with Gasteiger partial charge in [0.25, 0.3) is 0 Å². The first-order valence-electron chi connectivity index (χ1n) is 6.81.